The van der Waals surface area contributed by atoms with Crippen molar-refractivity contribution in [2.24, 2.45) is 0 Å². The number of nitrogens with one attached hydrogen (secondary N) is 1. The van der Waals surface area contributed by atoms with Gasteiger partial charge in [-0.3, -0.25) is 9.59 Å². The molecule has 0 saturated heterocycles. The van der Waals surface area contributed by atoms with Gasteiger partial charge in [-0.25, -0.2) is 4.39 Å². The van der Waals surface area contributed by atoms with Gasteiger partial charge in [0.2, 0.25) is 11.8 Å². The minimum atomic E-state index is -0.801. The van der Waals surface area contributed by atoms with E-state index < -0.39 is 6.04 Å². The Hall–Kier alpha value is -2.40. The third kappa shape index (κ3) is 5.60. The summed E-state index contributed by atoms with van der Waals surface area (Å²) < 4.78 is 13.3. The van der Waals surface area contributed by atoms with Crippen LogP contribution in [0, 0.1) is 12.7 Å². The molecule has 160 valence electrons. The normalized spacial score (nSPS) is 15.4. The highest BCUT2D eigenvalue weighted by Gasteiger charge is 2.33. The average molecular weight is 431 g/mol. The maximum atomic E-state index is 13.5. The number of amides is 2. The van der Waals surface area contributed by atoms with Crippen LogP contribution in [0.2, 0.25) is 0 Å². The maximum Gasteiger partial charge on any atom is 0.247 e. The molecule has 2 aromatic carbocycles. The molecule has 0 aliphatic heterocycles. The molecule has 1 atom stereocenters. The molecule has 0 heterocycles. The third-order valence-corrected chi connectivity index (χ3v) is 5.92. The Bertz CT molecular complexity index is 866. The van der Waals surface area contributed by atoms with Gasteiger partial charge in [0, 0.05) is 12.6 Å². The lowest BCUT2D eigenvalue weighted by molar-refractivity contribution is -0.140. The standard InChI is InChI=1S/C24H28ClFN2O2/c1-17-7-5-6-10-21(17)23(24(30)27-20-8-3-2-4-9-20)28(22(29)15-25)16-18-11-13-19(26)14-12-18/h5-7,10-14,20,23H,2-4,8-9,15-16H2,1H3,(H,27,30). The zero-order valence-electron chi connectivity index (χ0n) is 17.2. The minimum Gasteiger partial charge on any atom is -0.351 e. The lowest BCUT2D eigenvalue weighted by Crippen LogP contribution is -2.47. The molecule has 0 bridgehead atoms. The Morgan fingerprint density at radius 1 is 1.10 bits per heavy atom. The highest BCUT2D eigenvalue weighted by molar-refractivity contribution is 6.27. The first-order valence-electron chi connectivity index (χ1n) is 10.5. The van der Waals surface area contributed by atoms with Gasteiger partial charge in [0.15, 0.2) is 0 Å². The summed E-state index contributed by atoms with van der Waals surface area (Å²) in [6.45, 7) is 2.10. The highest BCUT2D eigenvalue weighted by Crippen LogP contribution is 2.28. The molecule has 2 aromatic rings. The van der Waals surface area contributed by atoms with E-state index in [2.05, 4.69) is 5.32 Å². The molecule has 1 aliphatic carbocycles. The molecule has 1 fully saturated rings. The summed E-state index contributed by atoms with van der Waals surface area (Å²) in [5.74, 6) is -1.12. The summed E-state index contributed by atoms with van der Waals surface area (Å²) in [6.07, 6.45) is 5.29. The van der Waals surface area contributed by atoms with Crippen LogP contribution in [0.4, 0.5) is 4.39 Å². The number of alkyl halides is 1. The van der Waals surface area contributed by atoms with Crippen molar-refractivity contribution in [1.29, 1.82) is 0 Å². The van der Waals surface area contributed by atoms with Crippen LogP contribution in [0.25, 0.3) is 0 Å². The molecular formula is C24H28ClFN2O2. The number of nitrogens with zero attached hydrogens (tertiary/aromatic N) is 1. The van der Waals surface area contributed by atoms with Crippen molar-refractivity contribution >= 4 is 23.4 Å². The molecule has 3 rings (SSSR count). The van der Waals surface area contributed by atoms with Gasteiger partial charge in [0.25, 0.3) is 0 Å². The largest absolute Gasteiger partial charge is 0.351 e. The molecule has 1 unspecified atom stereocenters. The molecule has 2 amide bonds. The number of benzene rings is 2. The summed E-state index contributed by atoms with van der Waals surface area (Å²) in [5, 5.41) is 3.16. The van der Waals surface area contributed by atoms with Gasteiger partial charge < -0.3 is 10.2 Å². The first-order valence-corrected chi connectivity index (χ1v) is 11.0. The Kier molecular flexibility index (Phi) is 7.86. The summed E-state index contributed by atoms with van der Waals surface area (Å²) >= 11 is 5.92. The fourth-order valence-corrected chi connectivity index (χ4v) is 4.21. The molecule has 4 nitrogen and oxygen atoms in total. The Labute approximate surface area is 182 Å². The van der Waals surface area contributed by atoms with Crippen LogP contribution in [0.5, 0.6) is 0 Å². The molecule has 1 saturated carbocycles. The van der Waals surface area contributed by atoms with Crippen LogP contribution >= 0.6 is 11.6 Å². The number of hydrogen-bond donors (Lipinski definition) is 1. The molecule has 0 spiro atoms. The first-order chi connectivity index (χ1) is 14.5. The van der Waals surface area contributed by atoms with Gasteiger partial charge in [-0.05, 0) is 48.6 Å². The Morgan fingerprint density at radius 3 is 2.40 bits per heavy atom. The van der Waals surface area contributed by atoms with Crippen LogP contribution in [-0.2, 0) is 16.1 Å². The summed E-state index contributed by atoms with van der Waals surface area (Å²) in [6, 6.07) is 12.8. The summed E-state index contributed by atoms with van der Waals surface area (Å²) in [5.41, 5.74) is 2.43. The molecule has 6 heteroatoms. The molecule has 0 radical (unpaired) electrons. The SMILES string of the molecule is Cc1ccccc1C(C(=O)NC1CCCCC1)N(Cc1ccc(F)cc1)C(=O)CCl. The van der Waals surface area contributed by atoms with E-state index in [1.807, 2.05) is 31.2 Å². The van der Waals surface area contributed by atoms with Gasteiger partial charge >= 0.3 is 0 Å². The Balaban J connectivity index is 1.95. The molecule has 0 aromatic heterocycles. The highest BCUT2D eigenvalue weighted by atomic mass is 35.5. The minimum absolute atomic E-state index is 0.122. The van der Waals surface area contributed by atoms with Crippen molar-refractivity contribution in [3.05, 3.63) is 71.0 Å². The van der Waals surface area contributed by atoms with Crippen molar-refractivity contribution < 1.29 is 14.0 Å². The predicted octanol–water partition coefficient (Wildman–Crippen LogP) is 4.89. The molecule has 1 N–H and O–H groups in total. The van der Waals surface area contributed by atoms with Crippen LogP contribution in [0.3, 0.4) is 0 Å². The van der Waals surface area contributed by atoms with E-state index in [-0.39, 0.29) is 36.1 Å². The zero-order chi connectivity index (χ0) is 21.5. The topological polar surface area (TPSA) is 49.4 Å². The summed E-state index contributed by atoms with van der Waals surface area (Å²) in [4.78, 5) is 27.8. The molecule has 1 aliphatic rings. The fourth-order valence-electron chi connectivity index (χ4n) is 4.06. The number of carbonyl (C=O) groups is 2. The van der Waals surface area contributed by atoms with Crippen molar-refractivity contribution in [2.75, 3.05) is 5.88 Å². The average Bonchev–Trinajstić information content (AvgIpc) is 2.76. The van der Waals surface area contributed by atoms with E-state index in [1.54, 1.807) is 12.1 Å². The van der Waals surface area contributed by atoms with Gasteiger partial charge in [-0.1, -0.05) is 55.7 Å². The fraction of sp³-hybridized carbons (Fsp3) is 0.417. The van der Waals surface area contributed by atoms with Gasteiger partial charge in [-0.2, -0.15) is 0 Å². The van der Waals surface area contributed by atoms with E-state index in [4.69, 9.17) is 11.6 Å². The summed E-state index contributed by atoms with van der Waals surface area (Å²) in [7, 11) is 0. The van der Waals surface area contributed by atoms with Gasteiger partial charge in [-0.15, -0.1) is 11.6 Å². The predicted molar refractivity (Wildman–Crippen MR) is 117 cm³/mol. The monoisotopic (exact) mass is 430 g/mol. The third-order valence-electron chi connectivity index (χ3n) is 5.70. The van der Waals surface area contributed by atoms with Crippen molar-refractivity contribution in [3.63, 3.8) is 0 Å². The second-order valence-electron chi connectivity index (χ2n) is 7.88. The van der Waals surface area contributed by atoms with Crippen LogP contribution < -0.4 is 5.32 Å². The quantitative estimate of drug-likeness (QED) is 0.635. The van der Waals surface area contributed by atoms with Crippen molar-refractivity contribution in [1.82, 2.24) is 10.2 Å². The smallest absolute Gasteiger partial charge is 0.247 e. The Morgan fingerprint density at radius 2 is 1.77 bits per heavy atom. The van der Waals surface area contributed by atoms with Crippen LogP contribution in [-0.4, -0.2) is 28.6 Å². The lowest BCUT2D eigenvalue weighted by atomic mass is 9.94. The lowest BCUT2D eigenvalue weighted by Gasteiger charge is -2.34. The number of rotatable bonds is 7. The van der Waals surface area contributed by atoms with E-state index in [9.17, 15) is 14.0 Å². The number of carbonyl (C=O) groups excluding carboxylic acids is 2. The molecule has 30 heavy (non-hydrogen) atoms. The number of halogens is 2. The van der Waals surface area contributed by atoms with Crippen LogP contribution in [0.1, 0.15) is 54.8 Å². The second-order valence-corrected chi connectivity index (χ2v) is 8.15. The second kappa shape index (κ2) is 10.6. The number of hydrogen-bond acceptors (Lipinski definition) is 2. The van der Waals surface area contributed by atoms with E-state index in [0.29, 0.717) is 0 Å². The van der Waals surface area contributed by atoms with Gasteiger partial charge in [0.1, 0.15) is 17.7 Å². The van der Waals surface area contributed by atoms with Gasteiger partial charge in [0.05, 0.1) is 0 Å². The number of aryl methyl sites for hydroxylation is 1. The maximum absolute atomic E-state index is 13.5. The van der Waals surface area contributed by atoms with Crippen molar-refractivity contribution in [3.8, 4) is 0 Å². The van der Waals surface area contributed by atoms with Crippen LogP contribution in [0.15, 0.2) is 48.5 Å². The van der Waals surface area contributed by atoms with Crippen molar-refractivity contribution in [2.45, 2.75) is 57.7 Å². The van der Waals surface area contributed by atoms with E-state index in [0.717, 1.165) is 42.4 Å². The molecular weight excluding hydrogens is 403 g/mol. The van der Waals surface area contributed by atoms with E-state index >= 15 is 0 Å². The zero-order valence-corrected chi connectivity index (χ0v) is 18.0. The van der Waals surface area contributed by atoms with E-state index in [1.165, 1.54) is 23.5 Å². The first kappa shape index (κ1) is 22.3.